The molecule has 4 heteroatoms. The van der Waals surface area contributed by atoms with Gasteiger partial charge in [-0.2, -0.15) is 0 Å². The molecule has 0 saturated carbocycles. The molecule has 0 amide bonds. The molecule has 0 atom stereocenters. The summed E-state index contributed by atoms with van der Waals surface area (Å²) >= 11 is 0. The van der Waals surface area contributed by atoms with E-state index in [-0.39, 0.29) is 73.2 Å². The van der Waals surface area contributed by atoms with E-state index in [0.29, 0.717) is 0 Å². The van der Waals surface area contributed by atoms with Crippen molar-refractivity contribution >= 4 is 45.5 Å². The molecule has 0 saturated heterocycles. The van der Waals surface area contributed by atoms with Crippen molar-refractivity contribution in [2.45, 2.75) is 0 Å². The van der Waals surface area contributed by atoms with Crippen molar-refractivity contribution in [2.24, 2.45) is 0 Å². The minimum Gasteiger partial charge on any atom is -2.00 e. The summed E-state index contributed by atoms with van der Waals surface area (Å²) in [6, 6.07) is 0. The van der Waals surface area contributed by atoms with E-state index < -0.39 is 0 Å². The molecule has 23 valence electrons. The zero-order chi connectivity index (χ0) is 0. The van der Waals surface area contributed by atoms with Crippen LogP contribution in [0.25, 0.3) is 0 Å². The number of rotatable bonds is 0. The average Bonchev–Trinajstić information content (AvgIpc) is 0. The second-order valence-corrected chi connectivity index (χ2v) is 0. The Morgan fingerprint density at radius 2 is 0.750 bits per heavy atom. The molecule has 0 aliphatic heterocycles. The quantitative estimate of drug-likeness (QED) is 0.444. The third-order valence-electron chi connectivity index (χ3n) is 0. The maximum Gasteiger partial charge on any atom is 2.00 e. The van der Waals surface area contributed by atoms with Gasteiger partial charge in [-0.25, -0.2) is 0 Å². The second kappa shape index (κ2) is 20.6. The molecule has 0 aromatic carbocycles. The summed E-state index contributed by atoms with van der Waals surface area (Å²) in [5.74, 6) is 0. The smallest absolute Gasteiger partial charge is 2.00 e. The van der Waals surface area contributed by atoms with Gasteiger partial charge in [0.05, 0.1) is 0 Å². The van der Waals surface area contributed by atoms with E-state index in [2.05, 4.69) is 0 Å². The topological polar surface area (TPSA) is 57.0 Å². The van der Waals surface area contributed by atoms with E-state index >= 15 is 0 Å². The number of hydrogen-bond donors (Lipinski definition) is 0. The Labute approximate surface area is 72.0 Å². The molecule has 0 fully saturated rings. The first kappa shape index (κ1) is 39.1. The van der Waals surface area contributed by atoms with E-state index in [9.17, 15) is 0 Å². The van der Waals surface area contributed by atoms with Crippen LogP contribution in [-0.4, -0.2) is 45.5 Å². The monoisotopic (exact) mass is 179 g/mol. The minimum atomic E-state index is 0. The Hall–Kier alpha value is 1.91. The van der Waals surface area contributed by atoms with E-state index in [0.717, 1.165) is 0 Å². The summed E-state index contributed by atoms with van der Waals surface area (Å²) in [5, 5.41) is 0. The van der Waals surface area contributed by atoms with Gasteiger partial charge in [0.1, 0.15) is 0 Å². The molecule has 4 heavy (non-hydrogen) atoms. The Morgan fingerprint density at radius 3 is 0.750 bits per heavy atom. The van der Waals surface area contributed by atoms with Gasteiger partial charge in [0.25, 0.3) is 0 Å². The molecule has 2 nitrogen and oxygen atoms in total. The Balaban J connectivity index is 0. The van der Waals surface area contributed by atoms with Gasteiger partial charge < -0.3 is 11.0 Å². The van der Waals surface area contributed by atoms with Crippen LogP contribution in [0.2, 0.25) is 0 Å². The summed E-state index contributed by atoms with van der Waals surface area (Å²) in [4.78, 5) is 0. The van der Waals surface area contributed by atoms with E-state index in [1.165, 1.54) is 0 Å². The molecule has 0 aromatic heterocycles. The van der Waals surface area contributed by atoms with Crippen LogP contribution in [0.3, 0.4) is 0 Å². The molecule has 0 bridgehead atoms. The molecule has 0 aliphatic carbocycles. The number of hydrogen-bond acceptors (Lipinski definition) is 0. The van der Waals surface area contributed by atoms with Gasteiger partial charge in [-0.15, -0.1) is 0 Å². The first-order chi connectivity index (χ1) is 0. The van der Waals surface area contributed by atoms with E-state index in [1.54, 1.807) is 0 Å². The molecule has 0 rings (SSSR count). The van der Waals surface area contributed by atoms with Gasteiger partial charge in [0.2, 0.25) is 0 Å². The van der Waals surface area contributed by atoms with Crippen LogP contribution in [0.1, 0.15) is 0 Å². The van der Waals surface area contributed by atoms with Crippen LogP contribution in [0, 0.1) is 0 Å². The van der Waals surface area contributed by atoms with Crippen molar-refractivity contribution in [3.05, 3.63) is 0 Å². The molecule has 0 spiro atoms. The molecular weight excluding hydrogens is 179 g/mol. The summed E-state index contributed by atoms with van der Waals surface area (Å²) < 4.78 is 0. The normalized spacial score (nSPS) is 0. The predicted octanol–water partition coefficient (Wildman–Crippen LogP) is -0.621. The average molecular weight is 179 g/mol. The summed E-state index contributed by atoms with van der Waals surface area (Å²) in [5.41, 5.74) is 0. The van der Waals surface area contributed by atoms with Crippen LogP contribution in [0.5, 0.6) is 0 Å². The van der Waals surface area contributed by atoms with Gasteiger partial charge in [-0.3, -0.25) is 0 Å². The van der Waals surface area contributed by atoms with Crippen LogP contribution in [0.15, 0.2) is 0 Å². The first-order valence-electron chi connectivity index (χ1n) is 0. The molecule has 0 heterocycles. The summed E-state index contributed by atoms with van der Waals surface area (Å²) in [7, 11) is 0. The third-order valence-corrected chi connectivity index (χ3v) is 0. The van der Waals surface area contributed by atoms with Gasteiger partial charge in [0, 0.05) is 0 Å². The van der Waals surface area contributed by atoms with Crippen LogP contribution < -0.4 is 0 Å². The summed E-state index contributed by atoms with van der Waals surface area (Å²) in [6.45, 7) is 0. The van der Waals surface area contributed by atoms with Crippen LogP contribution >= 0.6 is 0 Å². The molecule has 0 aliphatic rings. The fraction of sp³-hybridized carbons (Fsp3) is 0. The largest absolute Gasteiger partial charge is 2.00 e. The van der Waals surface area contributed by atoms with E-state index in [1.807, 2.05) is 0 Å². The van der Waals surface area contributed by atoms with Crippen molar-refractivity contribution in [3.8, 4) is 0 Å². The molecule has 0 aromatic rings. The Morgan fingerprint density at radius 1 is 0.750 bits per heavy atom. The third kappa shape index (κ3) is 9.08. The minimum absolute atomic E-state index is 0. The first-order valence-corrected chi connectivity index (χ1v) is 0. The molecule has 1 radical (unpaired) electrons. The zero-order valence-electron chi connectivity index (χ0n) is 1.86. The van der Waals surface area contributed by atoms with Crippen molar-refractivity contribution in [1.82, 2.24) is 0 Å². The maximum absolute atomic E-state index is 0. The second-order valence-electron chi connectivity index (χ2n) is 0. The fourth-order valence-electron chi connectivity index (χ4n) is 0. The van der Waals surface area contributed by atoms with Gasteiger partial charge in [-0.1, -0.05) is 0 Å². The fourth-order valence-corrected chi connectivity index (χ4v) is 0. The van der Waals surface area contributed by atoms with Gasteiger partial charge >= 0.3 is 62.3 Å². The summed E-state index contributed by atoms with van der Waals surface area (Å²) in [6.07, 6.45) is 0. The standard InChI is InChI=1S/Co.2O.Sr/q+2;2*-2;+2. The zero-order valence-corrected chi connectivity index (χ0v) is 6.37. The van der Waals surface area contributed by atoms with Gasteiger partial charge in [-0.05, 0) is 0 Å². The van der Waals surface area contributed by atoms with Crippen molar-refractivity contribution in [2.75, 3.05) is 0 Å². The molecule has 0 unspecified atom stereocenters. The Bertz CT molecular complexity index is 6.00. The SMILES string of the molecule is [Co+2].[O-2].[O-2].[Sr+2]. The van der Waals surface area contributed by atoms with Crippen molar-refractivity contribution < 1.29 is 27.7 Å². The predicted molar refractivity (Wildman–Crippen MR) is 7.13 cm³/mol. The maximum atomic E-state index is 0. The van der Waals surface area contributed by atoms with Gasteiger partial charge in [0.15, 0.2) is 0 Å². The van der Waals surface area contributed by atoms with E-state index in [4.69, 9.17) is 0 Å². The van der Waals surface area contributed by atoms with Crippen LogP contribution in [0.4, 0.5) is 0 Å². The Kier molecular flexibility index (Phi) is 201. The molecule has 0 N–H and O–H groups in total. The van der Waals surface area contributed by atoms with Crippen molar-refractivity contribution in [1.29, 1.82) is 0 Å². The van der Waals surface area contributed by atoms with Crippen LogP contribution in [-0.2, 0) is 27.7 Å². The molecular formula is CoO2Sr. The van der Waals surface area contributed by atoms with Crippen molar-refractivity contribution in [3.63, 3.8) is 0 Å².